The summed E-state index contributed by atoms with van der Waals surface area (Å²) in [7, 11) is 0. The Morgan fingerprint density at radius 3 is 2.50 bits per heavy atom. The zero-order valence-corrected chi connectivity index (χ0v) is 12.7. The van der Waals surface area contributed by atoms with Crippen LogP contribution in [0.2, 0.25) is 0 Å². The molecule has 2 rings (SSSR count). The lowest BCUT2D eigenvalue weighted by molar-refractivity contribution is 0.102. The molecule has 0 aliphatic rings. The number of ether oxygens (including phenoxy) is 1. The van der Waals surface area contributed by atoms with Gasteiger partial charge < -0.3 is 10.1 Å². The van der Waals surface area contributed by atoms with Crippen molar-refractivity contribution >= 4 is 23.4 Å². The Morgan fingerprint density at radius 1 is 1.18 bits per heavy atom. The largest absolute Gasteiger partial charge is 0.493 e. The van der Waals surface area contributed by atoms with Crippen molar-refractivity contribution in [2.45, 2.75) is 17.6 Å². The zero-order valence-electron chi connectivity index (χ0n) is 11.9. The molecule has 1 N–H and O–H groups in total. The van der Waals surface area contributed by atoms with E-state index in [1.54, 1.807) is 48.5 Å². The van der Waals surface area contributed by atoms with E-state index in [2.05, 4.69) is 5.32 Å². The lowest BCUT2D eigenvalue weighted by atomic mass is 10.2. The van der Waals surface area contributed by atoms with Crippen molar-refractivity contribution in [2.75, 3.05) is 11.9 Å². The van der Waals surface area contributed by atoms with Crippen LogP contribution in [0.3, 0.4) is 0 Å². The summed E-state index contributed by atoms with van der Waals surface area (Å²) in [5.41, 5.74) is 0.963. The lowest BCUT2D eigenvalue weighted by Gasteiger charge is -2.10. The SMILES string of the molecule is CCOc1ccccc1C(=O)Nc1ccc(SC(F)F)cc1. The molecule has 0 saturated carbocycles. The third kappa shape index (κ3) is 4.46. The molecular weight excluding hydrogens is 308 g/mol. The number of carbonyl (C=O) groups is 1. The summed E-state index contributed by atoms with van der Waals surface area (Å²) < 4.78 is 29.9. The Labute approximate surface area is 131 Å². The van der Waals surface area contributed by atoms with E-state index in [0.29, 0.717) is 40.3 Å². The van der Waals surface area contributed by atoms with Gasteiger partial charge in [-0.2, -0.15) is 8.78 Å². The van der Waals surface area contributed by atoms with Crippen molar-refractivity contribution in [3.63, 3.8) is 0 Å². The maximum atomic E-state index is 12.3. The second-order valence-corrected chi connectivity index (χ2v) is 5.35. The number of anilines is 1. The van der Waals surface area contributed by atoms with E-state index < -0.39 is 5.76 Å². The number of thioether (sulfide) groups is 1. The minimum Gasteiger partial charge on any atom is -0.493 e. The summed E-state index contributed by atoms with van der Waals surface area (Å²) in [4.78, 5) is 12.7. The maximum Gasteiger partial charge on any atom is 0.288 e. The van der Waals surface area contributed by atoms with Crippen molar-refractivity contribution in [1.29, 1.82) is 0 Å². The highest BCUT2D eigenvalue weighted by atomic mass is 32.2. The van der Waals surface area contributed by atoms with E-state index in [0.717, 1.165) is 0 Å². The average Bonchev–Trinajstić information content (AvgIpc) is 2.49. The van der Waals surface area contributed by atoms with E-state index in [9.17, 15) is 13.6 Å². The molecule has 0 fully saturated rings. The summed E-state index contributed by atoms with van der Waals surface area (Å²) in [6.45, 7) is 2.30. The van der Waals surface area contributed by atoms with Crippen LogP contribution >= 0.6 is 11.8 Å². The van der Waals surface area contributed by atoms with Gasteiger partial charge in [0.05, 0.1) is 12.2 Å². The van der Waals surface area contributed by atoms with Crippen molar-refractivity contribution in [2.24, 2.45) is 0 Å². The van der Waals surface area contributed by atoms with Gasteiger partial charge in [0.1, 0.15) is 5.75 Å². The number of para-hydroxylation sites is 1. The quantitative estimate of drug-likeness (QED) is 0.786. The second kappa shape index (κ2) is 7.79. The van der Waals surface area contributed by atoms with Gasteiger partial charge >= 0.3 is 0 Å². The van der Waals surface area contributed by atoms with E-state index >= 15 is 0 Å². The lowest BCUT2D eigenvalue weighted by Crippen LogP contribution is -2.13. The number of nitrogens with one attached hydrogen (secondary N) is 1. The van der Waals surface area contributed by atoms with E-state index in [-0.39, 0.29) is 5.91 Å². The van der Waals surface area contributed by atoms with Gasteiger partial charge in [-0.25, -0.2) is 0 Å². The van der Waals surface area contributed by atoms with Gasteiger partial charge in [-0.15, -0.1) is 0 Å². The van der Waals surface area contributed by atoms with Gasteiger partial charge in [-0.3, -0.25) is 4.79 Å². The fourth-order valence-electron chi connectivity index (χ4n) is 1.85. The molecular formula is C16H15F2NO2S. The molecule has 6 heteroatoms. The van der Waals surface area contributed by atoms with Crippen LogP contribution in [0.25, 0.3) is 0 Å². The number of halogens is 2. The molecule has 116 valence electrons. The highest BCUT2D eigenvalue weighted by molar-refractivity contribution is 7.99. The monoisotopic (exact) mass is 323 g/mol. The van der Waals surface area contributed by atoms with Crippen LogP contribution in [0.5, 0.6) is 5.75 Å². The van der Waals surface area contributed by atoms with Gasteiger partial charge in [0.25, 0.3) is 11.7 Å². The van der Waals surface area contributed by atoms with Crippen molar-refractivity contribution in [3.05, 3.63) is 54.1 Å². The Hall–Kier alpha value is -2.08. The first-order valence-electron chi connectivity index (χ1n) is 6.68. The topological polar surface area (TPSA) is 38.3 Å². The summed E-state index contributed by atoms with van der Waals surface area (Å²) in [5.74, 6) is -2.26. The normalized spacial score (nSPS) is 10.5. The average molecular weight is 323 g/mol. The Bertz CT molecular complexity index is 632. The first kappa shape index (κ1) is 16.3. The zero-order chi connectivity index (χ0) is 15.9. The molecule has 3 nitrogen and oxygen atoms in total. The van der Waals surface area contributed by atoms with Crippen LogP contribution < -0.4 is 10.1 Å². The molecule has 0 saturated heterocycles. The molecule has 0 aliphatic heterocycles. The number of amides is 1. The Kier molecular flexibility index (Phi) is 5.77. The summed E-state index contributed by atoms with van der Waals surface area (Å²) in [5, 5.41) is 2.72. The molecule has 0 heterocycles. The summed E-state index contributed by atoms with van der Waals surface area (Å²) in [6.07, 6.45) is 0. The predicted molar refractivity (Wildman–Crippen MR) is 83.9 cm³/mol. The third-order valence-corrected chi connectivity index (χ3v) is 3.49. The predicted octanol–water partition coefficient (Wildman–Crippen LogP) is 4.65. The minimum absolute atomic E-state index is 0.307. The van der Waals surface area contributed by atoms with E-state index in [1.807, 2.05) is 6.92 Å². The standard InChI is InChI=1S/C16H15F2NO2S/c1-2-21-14-6-4-3-5-13(14)15(20)19-11-7-9-12(10-8-11)22-16(17)18/h3-10,16H,2H2,1H3,(H,19,20). The van der Waals surface area contributed by atoms with Gasteiger partial charge in [0.15, 0.2) is 0 Å². The first-order valence-corrected chi connectivity index (χ1v) is 7.56. The summed E-state index contributed by atoms with van der Waals surface area (Å²) >= 11 is 0.465. The van der Waals surface area contributed by atoms with Crippen molar-refractivity contribution in [3.8, 4) is 5.75 Å². The molecule has 0 atom stereocenters. The number of carbonyl (C=O) groups excluding carboxylic acids is 1. The first-order chi connectivity index (χ1) is 10.6. The Morgan fingerprint density at radius 2 is 1.86 bits per heavy atom. The van der Waals surface area contributed by atoms with Crippen molar-refractivity contribution < 1.29 is 18.3 Å². The molecule has 2 aromatic carbocycles. The fraction of sp³-hybridized carbons (Fsp3) is 0.188. The number of rotatable bonds is 6. The van der Waals surface area contributed by atoms with Crippen LogP contribution in [0.4, 0.5) is 14.5 Å². The number of hydrogen-bond donors (Lipinski definition) is 1. The number of alkyl halides is 2. The second-order valence-electron chi connectivity index (χ2n) is 4.29. The number of benzene rings is 2. The van der Waals surface area contributed by atoms with Crippen LogP contribution in [0, 0.1) is 0 Å². The molecule has 1 amide bonds. The molecule has 2 aromatic rings. The highest BCUT2D eigenvalue weighted by Crippen LogP contribution is 2.26. The van der Waals surface area contributed by atoms with Gasteiger partial charge in [-0.05, 0) is 43.3 Å². The Balaban J connectivity index is 2.09. The molecule has 22 heavy (non-hydrogen) atoms. The number of hydrogen-bond acceptors (Lipinski definition) is 3. The molecule has 0 radical (unpaired) electrons. The highest BCUT2D eigenvalue weighted by Gasteiger charge is 2.12. The summed E-state index contributed by atoms with van der Waals surface area (Å²) in [6, 6.07) is 13.2. The van der Waals surface area contributed by atoms with Crippen LogP contribution in [0.15, 0.2) is 53.4 Å². The third-order valence-electron chi connectivity index (χ3n) is 2.77. The molecule has 0 spiro atoms. The van der Waals surface area contributed by atoms with Crippen molar-refractivity contribution in [1.82, 2.24) is 0 Å². The van der Waals surface area contributed by atoms with E-state index in [4.69, 9.17) is 4.74 Å². The van der Waals surface area contributed by atoms with Crippen LogP contribution in [-0.2, 0) is 0 Å². The maximum absolute atomic E-state index is 12.3. The van der Waals surface area contributed by atoms with Crippen LogP contribution in [-0.4, -0.2) is 18.3 Å². The van der Waals surface area contributed by atoms with Gasteiger partial charge in [-0.1, -0.05) is 23.9 Å². The van der Waals surface area contributed by atoms with Gasteiger partial charge in [0.2, 0.25) is 0 Å². The minimum atomic E-state index is -2.46. The van der Waals surface area contributed by atoms with Gasteiger partial charge in [0, 0.05) is 10.6 Å². The van der Waals surface area contributed by atoms with Crippen LogP contribution in [0.1, 0.15) is 17.3 Å². The molecule has 0 aromatic heterocycles. The fourth-order valence-corrected chi connectivity index (χ4v) is 2.35. The molecule has 0 bridgehead atoms. The van der Waals surface area contributed by atoms with E-state index in [1.165, 1.54) is 0 Å². The molecule has 0 aliphatic carbocycles. The molecule has 0 unspecified atom stereocenters. The smallest absolute Gasteiger partial charge is 0.288 e.